The molecule has 1 N–H and O–H groups in total. The Labute approximate surface area is 167 Å². The number of hydrogen-bond acceptors (Lipinski definition) is 5. The number of carbonyl (C=O) groups is 2. The number of amides is 1. The highest BCUT2D eigenvalue weighted by atomic mass is 16.5. The van der Waals surface area contributed by atoms with Gasteiger partial charge in [-0.05, 0) is 55.5 Å². The maximum Gasteiger partial charge on any atom is 0.359 e. The summed E-state index contributed by atoms with van der Waals surface area (Å²) in [7, 11) is 0. The number of rotatable bonds is 5. The van der Waals surface area contributed by atoms with Crippen LogP contribution in [0.4, 0.5) is 5.69 Å². The Bertz CT molecular complexity index is 1170. The lowest BCUT2D eigenvalue weighted by Crippen LogP contribution is -2.27. The average Bonchev–Trinajstić information content (AvgIpc) is 3.20. The number of carbonyl (C=O) groups excluding carboxylic acids is 2. The summed E-state index contributed by atoms with van der Waals surface area (Å²) in [6.07, 6.45) is 3.22. The number of hydrogen-bond donors (Lipinski definition) is 1. The van der Waals surface area contributed by atoms with Crippen molar-refractivity contribution >= 4 is 28.3 Å². The highest BCUT2D eigenvalue weighted by molar-refractivity contribution is 6.03. The molecule has 0 atom stereocenters. The number of anilines is 1. The fraction of sp³-hybridized carbons (Fsp3) is 0.273. The Balaban J connectivity index is 1.48. The molecule has 0 aliphatic heterocycles. The van der Waals surface area contributed by atoms with Gasteiger partial charge in [-0.2, -0.15) is 5.10 Å². The fourth-order valence-corrected chi connectivity index (χ4v) is 3.65. The first-order valence-electron chi connectivity index (χ1n) is 9.65. The van der Waals surface area contributed by atoms with E-state index >= 15 is 0 Å². The fourth-order valence-electron chi connectivity index (χ4n) is 3.65. The van der Waals surface area contributed by atoms with E-state index in [0.29, 0.717) is 23.0 Å². The smallest absolute Gasteiger partial charge is 0.359 e. The summed E-state index contributed by atoms with van der Waals surface area (Å²) in [5.74, 6) is -1.17. The third kappa shape index (κ3) is 3.76. The molecule has 1 heterocycles. The molecular weight excluding hydrogens is 370 g/mol. The van der Waals surface area contributed by atoms with Crippen molar-refractivity contribution in [2.75, 3.05) is 11.9 Å². The Hall–Kier alpha value is -3.48. The summed E-state index contributed by atoms with van der Waals surface area (Å²) in [4.78, 5) is 37.2. The molecule has 0 unspecified atom stereocenters. The van der Waals surface area contributed by atoms with Crippen LogP contribution >= 0.6 is 0 Å². The van der Waals surface area contributed by atoms with Gasteiger partial charge in [0, 0.05) is 17.6 Å². The zero-order valence-electron chi connectivity index (χ0n) is 16.1. The predicted molar refractivity (Wildman–Crippen MR) is 109 cm³/mol. The molecule has 3 aromatic rings. The molecule has 0 spiro atoms. The number of aryl methyl sites for hydroxylation is 3. The van der Waals surface area contributed by atoms with Crippen LogP contribution in [-0.2, 0) is 28.9 Å². The van der Waals surface area contributed by atoms with Crippen LogP contribution in [0.2, 0.25) is 0 Å². The lowest BCUT2D eigenvalue weighted by Gasteiger charge is -2.10. The summed E-state index contributed by atoms with van der Waals surface area (Å²) >= 11 is 0. The van der Waals surface area contributed by atoms with Crippen molar-refractivity contribution in [3.05, 3.63) is 69.6 Å². The van der Waals surface area contributed by atoms with E-state index in [4.69, 9.17) is 4.74 Å². The standard InChI is InChI=1S/C22H21N3O4/c1-2-25-21(27)18-9-4-3-8-17(18)20(24-25)22(28)29-13-19(26)23-16-11-10-14-6-5-7-15(14)12-16/h3-4,8-12H,2,5-7,13H2,1H3,(H,23,26). The van der Waals surface area contributed by atoms with Gasteiger partial charge in [0.1, 0.15) is 0 Å². The van der Waals surface area contributed by atoms with Crippen molar-refractivity contribution in [1.29, 1.82) is 0 Å². The van der Waals surface area contributed by atoms with Crippen LogP contribution in [0.5, 0.6) is 0 Å². The first kappa shape index (κ1) is 18.9. The van der Waals surface area contributed by atoms with Gasteiger partial charge in [0.05, 0.1) is 5.39 Å². The van der Waals surface area contributed by atoms with Gasteiger partial charge in [-0.15, -0.1) is 0 Å². The molecule has 0 radical (unpaired) electrons. The SMILES string of the molecule is CCn1nc(C(=O)OCC(=O)Nc2ccc3c(c2)CCC3)c2ccccc2c1=O. The Kier molecular flexibility index (Phi) is 5.12. The van der Waals surface area contributed by atoms with Crippen molar-refractivity contribution in [1.82, 2.24) is 9.78 Å². The number of ether oxygens (including phenoxy) is 1. The van der Waals surface area contributed by atoms with Crippen molar-refractivity contribution in [2.45, 2.75) is 32.7 Å². The highest BCUT2D eigenvalue weighted by Crippen LogP contribution is 2.24. The normalized spacial score (nSPS) is 12.6. The topological polar surface area (TPSA) is 90.3 Å². The number of aromatic nitrogens is 2. The number of fused-ring (bicyclic) bond motifs is 2. The number of nitrogens with zero attached hydrogens (tertiary/aromatic N) is 2. The molecule has 2 aromatic carbocycles. The largest absolute Gasteiger partial charge is 0.451 e. The first-order valence-corrected chi connectivity index (χ1v) is 9.65. The second-order valence-corrected chi connectivity index (χ2v) is 6.98. The van der Waals surface area contributed by atoms with Gasteiger partial charge in [0.2, 0.25) is 0 Å². The van der Waals surface area contributed by atoms with Gasteiger partial charge < -0.3 is 10.1 Å². The van der Waals surface area contributed by atoms with E-state index in [2.05, 4.69) is 10.4 Å². The minimum atomic E-state index is -0.743. The quantitative estimate of drug-likeness (QED) is 0.676. The van der Waals surface area contributed by atoms with Crippen molar-refractivity contribution < 1.29 is 14.3 Å². The monoisotopic (exact) mass is 391 g/mol. The van der Waals surface area contributed by atoms with Crippen LogP contribution in [-0.4, -0.2) is 28.3 Å². The van der Waals surface area contributed by atoms with E-state index < -0.39 is 18.5 Å². The molecule has 4 rings (SSSR count). The van der Waals surface area contributed by atoms with E-state index in [9.17, 15) is 14.4 Å². The minimum absolute atomic E-state index is 0.0207. The highest BCUT2D eigenvalue weighted by Gasteiger charge is 2.19. The lowest BCUT2D eigenvalue weighted by molar-refractivity contribution is -0.119. The van der Waals surface area contributed by atoms with Crippen LogP contribution in [0.15, 0.2) is 47.3 Å². The average molecular weight is 391 g/mol. The van der Waals surface area contributed by atoms with Crippen LogP contribution in [0.25, 0.3) is 10.8 Å². The molecule has 0 fully saturated rings. The molecule has 0 saturated heterocycles. The third-order valence-corrected chi connectivity index (χ3v) is 5.08. The Morgan fingerprint density at radius 1 is 1.10 bits per heavy atom. The lowest BCUT2D eigenvalue weighted by atomic mass is 10.1. The maximum atomic E-state index is 12.6. The van der Waals surface area contributed by atoms with Gasteiger partial charge >= 0.3 is 5.97 Å². The number of esters is 1. The molecule has 0 bridgehead atoms. The Morgan fingerprint density at radius 2 is 1.86 bits per heavy atom. The molecule has 148 valence electrons. The molecule has 1 aromatic heterocycles. The first-order chi connectivity index (χ1) is 14.1. The molecule has 1 aliphatic carbocycles. The number of nitrogens with one attached hydrogen (secondary N) is 1. The van der Waals surface area contributed by atoms with Crippen molar-refractivity contribution in [2.24, 2.45) is 0 Å². The van der Waals surface area contributed by atoms with Gasteiger partial charge in [-0.1, -0.05) is 24.3 Å². The van der Waals surface area contributed by atoms with Gasteiger partial charge in [0.15, 0.2) is 12.3 Å². The molecule has 1 amide bonds. The van der Waals surface area contributed by atoms with Crippen LogP contribution in [0, 0.1) is 0 Å². The number of benzene rings is 2. The third-order valence-electron chi connectivity index (χ3n) is 5.08. The van der Waals surface area contributed by atoms with Crippen LogP contribution in [0.3, 0.4) is 0 Å². The van der Waals surface area contributed by atoms with Crippen LogP contribution < -0.4 is 10.9 Å². The Morgan fingerprint density at radius 3 is 2.66 bits per heavy atom. The molecule has 7 nitrogen and oxygen atoms in total. The van der Waals surface area contributed by atoms with Crippen molar-refractivity contribution in [3.8, 4) is 0 Å². The van der Waals surface area contributed by atoms with E-state index in [0.717, 1.165) is 19.3 Å². The molecule has 1 aliphatic rings. The van der Waals surface area contributed by atoms with E-state index in [1.165, 1.54) is 15.8 Å². The molecule has 29 heavy (non-hydrogen) atoms. The zero-order valence-corrected chi connectivity index (χ0v) is 16.1. The minimum Gasteiger partial charge on any atom is -0.451 e. The second kappa shape index (κ2) is 7.87. The zero-order chi connectivity index (χ0) is 20.4. The van der Waals surface area contributed by atoms with E-state index in [1.807, 2.05) is 18.2 Å². The van der Waals surface area contributed by atoms with Gasteiger partial charge in [0.25, 0.3) is 11.5 Å². The van der Waals surface area contributed by atoms with E-state index in [1.54, 1.807) is 31.2 Å². The van der Waals surface area contributed by atoms with Crippen molar-refractivity contribution in [3.63, 3.8) is 0 Å². The maximum absolute atomic E-state index is 12.6. The molecular formula is C22H21N3O4. The van der Waals surface area contributed by atoms with Gasteiger partial charge in [-0.25, -0.2) is 9.48 Å². The summed E-state index contributed by atoms with van der Waals surface area (Å²) in [6, 6.07) is 12.6. The summed E-state index contributed by atoms with van der Waals surface area (Å²) in [5, 5.41) is 7.67. The van der Waals surface area contributed by atoms with Gasteiger partial charge in [-0.3, -0.25) is 9.59 Å². The summed E-state index contributed by atoms with van der Waals surface area (Å²) in [5.41, 5.74) is 3.01. The summed E-state index contributed by atoms with van der Waals surface area (Å²) < 4.78 is 6.39. The predicted octanol–water partition coefficient (Wildman–Crippen LogP) is 2.70. The van der Waals surface area contributed by atoms with Crippen LogP contribution in [0.1, 0.15) is 35.0 Å². The van der Waals surface area contributed by atoms with E-state index in [-0.39, 0.29) is 11.3 Å². The molecule has 7 heteroatoms. The second-order valence-electron chi connectivity index (χ2n) is 6.98. The molecule has 0 saturated carbocycles. The summed E-state index contributed by atoms with van der Waals surface area (Å²) in [6.45, 7) is 1.66.